The van der Waals surface area contributed by atoms with Crippen LogP contribution in [0.5, 0.6) is 11.5 Å². The Labute approximate surface area is 241 Å². The maximum atomic E-state index is 13.4. The highest BCUT2D eigenvalue weighted by Crippen LogP contribution is 2.42. The van der Waals surface area contributed by atoms with Crippen LogP contribution in [-0.4, -0.2) is 59.9 Å². The zero-order chi connectivity index (χ0) is 30.4. The van der Waals surface area contributed by atoms with Crippen molar-refractivity contribution < 1.29 is 32.2 Å². The van der Waals surface area contributed by atoms with Gasteiger partial charge in [0.25, 0.3) is 0 Å². The third-order valence-corrected chi connectivity index (χ3v) is 8.31. The molecular formula is C29H35F3N6O4. The SMILES string of the molecule is COc1cc2nc(C)nc(NC(C)c3cc(N)cc(C(F)(F)F)c3)c2cc1OC(=O)N1CCC2(CC1)COC(C)C2N. The van der Waals surface area contributed by atoms with Gasteiger partial charge in [-0.25, -0.2) is 14.8 Å². The van der Waals surface area contributed by atoms with E-state index in [1.165, 1.54) is 13.2 Å². The number of rotatable bonds is 5. The van der Waals surface area contributed by atoms with Crippen molar-refractivity contribution in [3.05, 3.63) is 47.3 Å². The van der Waals surface area contributed by atoms with Gasteiger partial charge < -0.3 is 35.9 Å². The van der Waals surface area contributed by atoms with Crippen LogP contribution >= 0.6 is 0 Å². The van der Waals surface area contributed by atoms with Gasteiger partial charge in [0.15, 0.2) is 11.5 Å². The number of hydrogen-bond donors (Lipinski definition) is 3. The fraction of sp³-hybridized carbons (Fsp3) is 0.483. The zero-order valence-corrected chi connectivity index (χ0v) is 23.9. The third kappa shape index (κ3) is 5.75. The number of likely N-dealkylation sites (tertiary alicyclic amines) is 1. The number of aromatic nitrogens is 2. The minimum Gasteiger partial charge on any atom is -0.493 e. The van der Waals surface area contributed by atoms with E-state index < -0.39 is 23.9 Å². The Morgan fingerprint density at radius 3 is 2.50 bits per heavy atom. The molecule has 5 N–H and O–H groups in total. The Hall–Kier alpha value is -3.84. The molecule has 0 radical (unpaired) electrons. The molecule has 2 aliphatic heterocycles. The van der Waals surface area contributed by atoms with Crippen molar-refractivity contribution >= 4 is 28.5 Å². The zero-order valence-electron chi connectivity index (χ0n) is 23.9. The van der Waals surface area contributed by atoms with Crippen molar-refractivity contribution in [3.63, 3.8) is 0 Å². The molecule has 0 saturated carbocycles. The summed E-state index contributed by atoms with van der Waals surface area (Å²) in [5, 5.41) is 3.67. The van der Waals surface area contributed by atoms with E-state index >= 15 is 0 Å². The van der Waals surface area contributed by atoms with Crippen LogP contribution < -0.4 is 26.3 Å². The van der Waals surface area contributed by atoms with Gasteiger partial charge in [-0.2, -0.15) is 13.2 Å². The molecule has 13 heteroatoms. The van der Waals surface area contributed by atoms with Crippen molar-refractivity contribution in [2.45, 2.75) is 58.0 Å². The van der Waals surface area contributed by atoms with E-state index in [2.05, 4.69) is 15.3 Å². The van der Waals surface area contributed by atoms with Gasteiger partial charge in [-0.1, -0.05) is 0 Å². The number of hydrogen-bond acceptors (Lipinski definition) is 9. The minimum atomic E-state index is -4.54. The number of nitrogens with two attached hydrogens (primary N) is 2. The smallest absolute Gasteiger partial charge is 0.416 e. The van der Waals surface area contributed by atoms with Gasteiger partial charge in [-0.05, 0) is 63.4 Å². The highest BCUT2D eigenvalue weighted by molar-refractivity contribution is 5.92. The molecule has 3 heterocycles. The molecule has 2 aromatic carbocycles. The highest BCUT2D eigenvalue weighted by atomic mass is 19.4. The Morgan fingerprint density at radius 1 is 1.17 bits per heavy atom. The lowest BCUT2D eigenvalue weighted by Gasteiger charge is -2.40. The van der Waals surface area contributed by atoms with Crippen LogP contribution in [0.4, 0.5) is 29.5 Å². The molecule has 2 aliphatic rings. The van der Waals surface area contributed by atoms with Gasteiger partial charge in [-0.15, -0.1) is 0 Å². The summed E-state index contributed by atoms with van der Waals surface area (Å²) in [7, 11) is 1.46. The minimum absolute atomic E-state index is 0.00304. The lowest BCUT2D eigenvalue weighted by atomic mass is 9.73. The van der Waals surface area contributed by atoms with E-state index in [4.69, 9.17) is 25.7 Å². The van der Waals surface area contributed by atoms with E-state index in [0.717, 1.165) is 12.1 Å². The molecule has 0 bridgehead atoms. The van der Waals surface area contributed by atoms with Crippen LogP contribution in [0.25, 0.3) is 10.9 Å². The summed E-state index contributed by atoms with van der Waals surface area (Å²) >= 11 is 0. The van der Waals surface area contributed by atoms with Crippen molar-refractivity contribution in [3.8, 4) is 11.5 Å². The Morgan fingerprint density at radius 2 is 1.88 bits per heavy atom. The number of fused-ring (bicyclic) bond motifs is 1. The molecule has 2 saturated heterocycles. The molecule has 3 atom stereocenters. The van der Waals surface area contributed by atoms with Crippen LogP contribution in [-0.2, 0) is 10.9 Å². The predicted molar refractivity (Wildman–Crippen MR) is 151 cm³/mol. The number of benzene rings is 2. The summed E-state index contributed by atoms with van der Waals surface area (Å²) in [6, 6.07) is 5.96. The molecule has 1 aromatic heterocycles. The molecule has 1 amide bonds. The van der Waals surface area contributed by atoms with Crippen LogP contribution in [0.15, 0.2) is 30.3 Å². The molecular weight excluding hydrogens is 553 g/mol. The summed E-state index contributed by atoms with van der Waals surface area (Å²) in [5.74, 6) is 1.24. The largest absolute Gasteiger partial charge is 0.493 e. The quantitative estimate of drug-likeness (QED) is 0.350. The Kier molecular flexibility index (Phi) is 7.84. The second kappa shape index (κ2) is 11.1. The first-order valence-electron chi connectivity index (χ1n) is 13.7. The number of nitrogen functional groups attached to an aromatic ring is 1. The normalized spacial score (nSPS) is 21.0. The standard InChI is InChI=1S/C29H35F3N6O4/c1-15(18-9-19(29(30,31)32)11-20(33)10-18)35-26-21-12-24(23(40-4)13-22(21)36-17(3)37-26)42-27(39)38-7-5-28(6-8-38)14-41-16(2)25(28)34/h9-13,15-16,25H,5-8,14,33-34H2,1-4H3,(H,35,36,37). The van der Waals surface area contributed by atoms with E-state index in [-0.39, 0.29) is 29.0 Å². The number of ether oxygens (including phenoxy) is 3. The fourth-order valence-electron chi connectivity index (χ4n) is 5.75. The first-order valence-corrected chi connectivity index (χ1v) is 13.7. The maximum absolute atomic E-state index is 13.4. The number of piperidine rings is 1. The van der Waals surface area contributed by atoms with Gasteiger partial charge in [-0.3, -0.25) is 0 Å². The molecule has 226 valence electrons. The molecule has 3 aromatic rings. The van der Waals surface area contributed by atoms with Gasteiger partial charge in [0.1, 0.15) is 11.6 Å². The molecule has 1 spiro atoms. The van der Waals surface area contributed by atoms with Gasteiger partial charge >= 0.3 is 12.3 Å². The average molecular weight is 589 g/mol. The number of carbonyl (C=O) groups excluding carboxylic acids is 1. The number of alkyl halides is 3. The van der Waals surface area contributed by atoms with E-state index in [0.29, 0.717) is 66.4 Å². The molecule has 3 unspecified atom stereocenters. The molecule has 42 heavy (non-hydrogen) atoms. The second-order valence-electron chi connectivity index (χ2n) is 11.2. The Bertz CT molecular complexity index is 1490. The average Bonchev–Trinajstić information content (AvgIpc) is 3.20. The third-order valence-electron chi connectivity index (χ3n) is 8.31. The lowest BCUT2D eigenvalue weighted by molar-refractivity contribution is -0.137. The van der Waals surface area contributed by atoms with Crippen LogP contribution in [0.1, 0.15) is 49.7 Å². The molecule has 2 fully saturated rings. The van der Waals surface area contributed by atoms with E-state index in [1.54, 1.807) is 30.9 Å². The summed E-state index contributed by atoms with van der Waals surface area (Å²) in [6.45, 7) is 6.90. The number of aryl methyl sites for hydroxylation is 1. The monoisotopic (exact) mass is 588 g/mol. The first kappa shape index (κ1) is 29.6. The number of halogens is 3. The van der Waals surface area contributed by atoms with Gasteiger partial charge in [0.2, 0.25) is 0 Å². The topological polar surface area (TPSA) is 138 Å². The maximum Gasteiger partial charge on any atom is 0.416 e. The lowest BCUT2D eigenvalue weighted by Crippen LogP contribution is -2.52. The second-order valence-corrected chi connectivity index (χ2v) is 11.2. The van der Waals surface area contributed by atoms with E-state index in [1.807, 2.05) is 6.92 Å². The van der Waals surface area contributed by atoms with Crippen molar-refractivity contribution in [2.24, 2.45) is 11.1 Å². The molecule has 10 nitrogen and oxygen atoms in total. The van der Waals surface area contributed by atoms with Crippen molar-refractivity contribution in [1.82, 2.24) is 14.9 Å². The molecule has 0 aliphatic carbocycles. The van der Waals surface area contributed by atoms with Gasteiger partial charge in [0.05, 0.1) is 36.9 Å². The van der Waals surface area contributed by atoms with Crippen molar-refractivity contribution in [1.29, 1.82) is 0 Å². The predicted octanol–water partition coefficient (Wildman–Crippen LogP) is 5.05. The molecule has 5 rings (SSSR count). The Balaban J connectivity index is 1.39. The van der Waals surface area contributed by atoms with E-state index in [9.17, 15) is 18.0 Å². The number of amides is 1. The summed E-state index contributed by atoms with van der Waals surface area (Å²) in [4.78, 5) is 23.8. The number of methoxy groups -OCH3 is 1. The summed E-state index contributed by atoms with van der Waals surface area (Å²) in [5.41, 5.74) is 12.0. The van der Waals surface area contributed by atoms with Gasteiger partial charge in [0, 0.05) is 41.7 Å². The van der Waals surface area contributed by atoms with Crippen molar-refractivity contribution in [2.75, 3.05) is 37.9 Å². The van der Waals surface area contributed by atoms with Crippen LogP contribution in [0.3, 0.4) is 0 Å². The summed E-state index contributed by atoms with van der Waals surface area (Å²) in [6.07, 6.45) is -3.67. The number of carbonyl (C=O) groups is 1. The number of anilines is 2. The van der Waals surface area contributed by atoms with Crippen LogP contribution in [0.2, 0.25) is 0 Å². The number of nitrogens with zero attached hydrogens (tertiary/aromatic N) is 3. The first-order chi connectivity index (χ1) is 19.8. The highest BCUT2D eigenvalue weighted by Gasteiger charge is 2.48. The summed E-state index contributed by atoms with van der Waals surface area (Å²) < 4.78 is 57.3. The van der Waals surface area contributed by atoms with Crippen LogP contribution in [0, 0.1) is 12.3 Å². The fourth-order valence-corrected chi connectivity index (χ4v) is 5.75. The number of nitrogens with one attached hydrogen (secondary N) is 1.